The highest BCUT2D eigenvalue weighted by molar-refractivity contribution is 8.01. The number of β-lactam (4-membered cyclic amide) rings is 1. The number of hydroxylamine groups is 1. The van der Waals surface area contributed by atoms with Crippen molar-refractivity contribution in [1.29, 1.82) is 0 Å². The molecule has 3 rings (SSSR count). The highest BCUT2D eigenvalue weighted by atomic mass is 32.2. The Morgan fingerprint density at radius 2 is 1.85 bits per heavy atom. The number of nitrogens with one attached hydrogen (secondary N) is 1. The first-order valence-corrected chi connectivity index (χ1v) is 8.89. The molecule has 1 N–H and O–H groups in total. The number of hydrogen-bond acceptors (Lipinski definition) is 7. The van der Waals surface area contributed by atoms with E-state index in [1.807, 2.05) is 13.8 Å². The van der Waals surface area contributed by atoms with Crippen molar-refractivity contribution in [3.63, 3.8) is 0 Å². The number of carbonyl (C=O) groups excluding carboxylic acids is 3. The summed E-state index contributed by atoms with van der Waals surface area (Å²) in [6, 6.07) is 4.12. The van der Waals surface area contributed by atoms with Crippen molar-refractivity contribution in [2.45, 2.75) is 36.4 Å². The number of hydrogen-bond donors (Lipinski definition) is 1. The molecule has 2 aliphatic rings. The van der Waals surface area contributed by atoms with Gasteiger partial charge in [-0.15, -0.1) is 11.8 Å². The van der Waals surface area contributed by atoms with Crippen molar-refractivity contribution in [1.82, 2.24) is 10.4 Å². The summed E-state index contributed by atoms with van der Waals surface area (Å²) in [6.07, 6.45) is 0.419. The maximum atomic E-state index is 12.5. The summed E-state index contributed by atoms with van der Waals surface area (Å²) in [7, 11) is 2.84. The summed E-state index contributed by atoms with van der Waals surface area (Å²) in [5.41, 5.74) is 2.26. The van der Waals surface area contributed by atoms with Crippen molar-refractivity contribution in [2.24, 2.45) is 0 Å². The fourth-order valence-electron chi connectivity index (χ4n) is 3.24. The van der Waals surface area contributed by atoms with E-state index in [0.29, 0.717) is 6.42 Å². The molecule has 0 spiro atoms. The van der Waals surface area contributed by atoms with E-state index in [1.165, 1.54) is 19.1 Å². The van der Waals surface area contributed by atoms with Crippen molar-refractivity contribution >= 4 is 29.5 Å². The zero-order valence-corrected chi connectivity index (χ0v) is 15.7. The van der Waals surface area contributed by atoms with E-state index in [4.69, 9.17) is 14.3 Å². The minimum Gasteiger partial charge on any atom is -0.496 e. The normalized spacial score (nSPS) is 22.9. The van der Waals surface area contributed by atoms with Gasteiger partial charge in [0.2, 0.25) is 5.91 Å². The molecule has 2 amide bonds. The van der Waals surface area contributed by atoms with E-state index in [0.717, 1.165) is 0 Å². The van der Waals surface area contributed by atoms with Gasteiger partial charge in [0.1, 0.15) is 23.1 Å². The molecule has 26 heavy (non-hydrogen) atoms. The maximum Gasteiger partial charge on any atom is 0.355 e. The molecule has 2 heterocycles. The molecule has 9 heteroatoms. The first kappa shape index (κ1) is 18.4. The molecule has 0 aromatic heterocycles. The standard InChI is InChI=1S/C17H20N2O6S/c1-17(2)14(19-11(20)8-12(19)26-17)16(22)25-18-15(21)13-9(23-3)6-5-7-10(13)24-4/h5-7,12,14H,8H2,1-4H3,(H,18,21)/t12-,14+/m1/s1. The lowest BCUT2D eigenvalue weighted by molar-refractivity contribution is -0.165. The van der Waals surface area contributed by atoms with Gasteiger partial charge >= 0.3 is 5.97 Å². The number of fused-ring (bicyclic) bond motifs is 1. The van der Waals surface area contributed by atoms with Crippen LogP contribution >= 0.6 is 11.8 Å². The highest BCUT2D eigenvalue weighted by Crippen LogP contribution is 2.50. The van der Waals surface area contributed by atoms with E-state index in [-0.39, 0.29) is 28.3 Å². The summed E-state index contributed by atoms with van der Waals surface area (Å²) in [5.74, 6) is -0.879. The minimum absolute atomic E-state index is 0.0138. The number of nitrogens with zero attached hydrogens (tertiary/aromatic N) is 1. The van der Waals surface area contributed by atoms with E-state index in [9.17, 15) is 14.4 Å². The van der Waals surface area contributed by atoms with Gasteiger partial charge in [-0.25, -0.2) is 4.79 Å². The fourth-order valence-corrected chi connectivity index (χ4v) is 4.85. The van der Waals surface area contributed by atoms with Gasteiger partial charge in [0.05, 0.1) is 26.0 Å². The Morgan fingerprint density at radius 1 is 1.23 bits per heavy atom. The maximum absolute atomic E-state index is 12.5. The first-order chi connectivity index (χ1) is 12.3. The molecule has 2 atom stereocenters. The number of ether oxygens (including phenoxy) is 2. The predicted octanol–water partition coefficient (Wildman–Crippen LogP) is 1.34. The first-order valence-electron chi connectivity index (χ1n) is 8.01. The Hall–Kier alpha value is -2.42. The molecule has 0 radical (unpaired) electrons. The van der Waals surface area contributed by atoms with Gasteiger partial charge in [0.25, 0.3) is 5.91 Å². The average Bonchev–Trinajstić information content (AvgIpc) is 2.84. The Bertz CT molecular complexity index is 743. The number of rotatable bonds is 4. The van der Waals surface area contributed by atoms with Crippen LogP contribution in [0.15, 0.2) is 18.2 Å². The van der Waals surface area contributed by atoms with Crippen LogP contribution in [0.2, 0.25) is 0 Å². The van der Waals surface area contributed by atoms with E-state index >= 15 is 0 Å². The van der Waals surface area contributed by atoms with Crippen molar-refractivity contribution in [2.75, 3.05) is 14.2 Å². The van der Waals surface area contributed by atoms with E-state index in [1.54, 1.807) is 30.0 Å². The molecule has 2 saturated heterocycles. The predicted molar refractivity (Wildman–Crippen MR) is 93.8 cm³/mol. The van der Waals surface area contributed by atoms with Crippen LogP contribution in [-0.2, 0) is 14.4 Å². The summed E-state index contributed by atoms with van der Waals surface area (Å²) in [6.45, 7) is 3.75. The Balaban J connectivity index is 1.72. The number of methoxy groups -OCH3 is 2. The lowest BCUT2D eigenvalue weighted by Gasteiger charge is -2.37. The molecule has 0 unspecified atom stereocenters. The molecule has 2 aliphatic heterocycles. The van der Waals surface area contributed by atoms with Crippen LogP contribution in [0.4, 0.5) is 0 Å². The zero-order valence-electron chi connectivity index (χ0n) is 14.9. The van der Waals surface area contributed by atoms with Gasteiger partial charge in [0.15, 0.2) is 0 Å². The SMILES string of the molecule is COc1cccc(OC)c1C(=O)NOC(=O)[C@@H]1N2C(=O)C[C@H]2SC1(C)C. The summed E-state index contributed by atoms with van der Waals surface area (Å²) >= 11 is 1.55. The third-order valence-electron chi connectivity index (χ3n) is 4.45. The summed E-state index contributed by atoms with van der Waals surface area (Å²) < 4.78 is 9.83. The van der Waals surface area contributed by atoms with Gasteiger partial charge in [-0.1, -0.05) is 6.07 Å². The molecular weight excluding hydrogens is 360 g/mol. The average molecular weight is 380 g/mol. The molecular formula is C17H20N2O6S. The van der Waals surface area contributed by atoms with Crippen molar-refractivity contribution in [3.8, 4) is 11.5 Å². The lowest BCUT2D eigenvalue weighted by atomic mass is 9.98. The van der Waals surface area contributed by atoms with Gasteiger partial charge in [-0.2, -0.15) is 5.48 Å². The van der Waals surface area contributed by atoms with Crippen LogP contribution in [0.25, 0.3) is 0 Å². The summed E-state index contributed by atoms with van der Waals surface area (Å²) in [4.78, 5) is 43.4. The molecule has 1 aromatic rings. The van der Waals surface area contributed by atoms with Crippen LogP contribution in [0.1, 0.15) is 30.6 Å². The van der Waals surface area contributed by atoms with Crippen LogP contribution in [-0.4, -0.2) is 53.1 Å². The molecule has 1 aromatic carbocycles. The van der Waals surface area contributed by atoms with Gasteiger partial charge in [-0.3, -0.25) is 9.59 Å². The van der Waals surface area contributed by atoms with E-state index in [2.05, 4.69) is 5.48 Å². The van der Waals surface area contributed by atoms with Gasteiger partial charge < -0.3 is 19.2 Å². The van der Waals surface area contributed by atoms with Crippen molar-refractivity contribution < 1.29 is 28.7 Å². The second kappa shape index (κ2) is 6.71. The zero-order chi connectivity index (χ0) is 19.1. The van der Waals surface area contributed by atoms with Crippen molar-refractivity contribution in [3.05, 3.63) is 23.8 Å². The quantitative estimate of drug-likeness (QED) is 0.622. The molecule has 8 nitrogen and oxygen atoms in total. The lowest BCUT2D eigenvalue weighted by Crippen LogP contribution is -2.58. The Morgan fingerprint density at radius 3 is 2.38 bits per heavy atom. The second-order valence-electron chi connectivity index (χ2n) is 6.47. The van der Waals surface area contributed by atoms with Crippen LogP contribution < -0.4 is 15.0 Å². The highest BCUT2D eigenvalue weighted by Gasteiger charge is 2.59. The Kier molecular flexibility index (Phi) is 4.74. The smallest absolute Gasteiger partial charge is 0.355 e. The second-order valence-corrected chi connectivity index (χ2v) is 8.31. The molecule has 140 valence electrons. The molecule has 0 aliphatic carbocycles. The van der Waals surface area contributed by atoms with Crippen LogP contribution in [0.5, 0.6) is 11.5 Å². The van der Waals surface area contributed by atoms with Gasteiger partial charge in [-0.05, 0) is 26.0 Å². The van der Waals surface area contributed by atoms with Gasteiger partial charge in [0, 0.05) is 4.75 Å². The molecule has 2 fully saturated rings. The topological polar surface area (TPSA) is 94.2 Å². The third-order valence-corrected chi connectivity index (χ3v) is 5.94. The minimum atomic E-state index is -0.751. The number of thioether (sulfide) groups is 1. The monoisotopic (exact) mass is 380 g/mol. The third kappa shape index (κ3) is 2.96. The largest absolute Gasteiger partial charge is 0.496 e. The fraction of sp³-hybridized carbons (Fsp3) is 0.471. The number of amides is 2. The number of carbonyl (C=O) groups is 3. The Labute approximate surface area is 155 Å². The van der Waals surface area contributed by atoms with E-state index < -0.39 is 22.7 Å². The number of benzene rings is 1. The molecule has 0 saturated carbocycles. The van der Waals surface area contributed by atoms with Crippen LogP contribution in [0.3, 0.4) is 0 Å². The molecule has 0 bridgehead atoms. The van der Waals surface area contributed by atoms with Crippen LogP contribution in [0, 0.1) is 0 Å². The summed E-state index contributed by atoms with van der Waals surface area (Å²) in [5, 5.41) is -0.0138.